The number of alkyl halides is 3. The van der Waals surface area contributed by atoms with Crippen molar-refractivity contribution >= 4 is 22.6 Å². The van der Waals surface area contributed by atoms with Crippen LogP contribution in [0.3, 0.4) is 0 Å². The van der Waals surface area contributed by atoms with E-state index >= 15 is 0 Å². The molecule has 2 aliphatic rings. The number of imidazole rings is 1. The summed E-state index contributed by atoms with van der Waals surface area (Å²) in [6.45, 7) is 3.19. The monoisotopic (exact) mass is 536 g/mol. The molecule has 1 fully saturated rings. The maximum Gasteiger partial charge on any atom is 0.418 e. The molecule has 10 nitrogen and oxygen atoms in total. The van der Waals surface area contributed by atoms with Gasteiger partial charge in [-0.3, -0.25) is 4.79 Å². The molecule has 200 valence electrons. The molecule has 0 radical (unpaired) electrons. The minimum absolute atomic E-state index is 0.0818. The van der Waals surface area contributed by atoms with Crippen LogP contribution < -0.4 is 4.90 Å². The highest BCUT2D eigenvalue weighted by molar-refractivity contribution is 6.01. The zero-order valence-electron chi connectivity index (χ0n) is 20.6. The van der Waals surface area contributed by atoms with Gasteiger partial charge in [-0.15, -0.1) is 0 Å². The second kappa shape index (κ2) is 8.83. The van der Waals surface area contributed by atoms with Crippen LogP contribution >= 0.6 is 0 Å². The van der Waals surface area contributed by atoms with E-state index in [1.54, 1.807) is 9.42 Å². The average Bonchev–Trinajstić information content (AvgIpc) is 3.69. The van der Waals surface area contributed by atoms with Crippen molar-refractivity contribution in [3.8, 4) is 0 Å². The van der Waals surface area contributed by atoms with Crippen LogP contribution in [0.2, 0.25) is 0 Å². The first-order valence-electron chi connectivity index (χ1n) is 12.6. The number of aromatic amines is 1. The molecule has 1 N–H and O–H groups in total. The Kier molecular flexibility index (Phi) is 5.37. The second-order valence-corrected chi connectivity index (χ2v) is 9.61. The number of nitrogens with one attached hydrogen (secondary N) is 1. The van der Waals surface area contributed by atoms with Crippen molar-refractivity contribution in [1.29, 1.82) is 0 Å². The van der Waals surface area contributed by atoms with Crippen LogP contribution in [-0.4, -0.2) is 72.9 Å². The number of carbonyl (C=O) groups excluding carboxylic acids is 1. The number of fused-ring (bicyclic) bond motifs is 3. The number of pyridine rings is 2. The number of amides is 1. The fraction of sp³-hybridized carbons (Fsp3) is 0.308. The maximum atomic E-state index is 14.0. The predicted octanol–water partition coefficient (Wildman–Crippen LogP) is 3.35. The van der Waals surface area contributed by atoms with E-state index in [1.807, 2.05) is 18.3 Å². The number of halogens is 3. The van der Waals surface area contributed by atoms with Gasteiger partial charge in [0.2, 0.25) is 0 Å². The number of aromatic nitrogens is 6. The summed E-state index contributed by atoms with van der Waals surface area (Å²) in [7, 11) is 0. The van der Waals surface area contributed by atoms with E-state index in [2.05, 4.69) is 25.1 Å². The molecule has 7 heterocycles. The van der Waals surface area contributed by atoms with E-state index < -0.39 is 17.8 Å². The SMILES string of the molecule is O=C(c1cnn2cc(N3CCOCC3)ccc12)N1CCc2[nH]cnc2[C@@H]1c1cc2c(C(F)(F)F)cccn2n1. The average molecular weight is 537 g/mol. The van der Waals surface area contributed by atoms with Gasteiger partial charge in [-0.1, -0.05) is 0 Å². The van der Waals surface area contributed by atoms with E-state index in [-0.39, 0.29) is 11.4 Å². The molecular weight excluding hydrogens is 513 g/mol. The van der Waals surface area contributed by atoms with Gasteiger partial charge in [0.05, 0.1) is 71.2 Å². The lowest BCUT2D eigenvalue weighted by Gasteiger charge is -2.33. The molecule has 0 aromatic carbocycles. The van der Waals surface area contributed by atoms with E-state index in [9.17, 15) is 18.0 Å². The number of morpholine rings is 1. The lowest BCUT2D eigenvalue weighted by atomic mass is 9.98. The Bertz CT molecular complexity index is 1700. The lowest BCUT2D eigenvalue weighted by Crippen LogP contribution is -2.41. The molecule has 13 heteroatoms. The van der Waals surface area contributed by atoms with E-state index in [0.717, 1.165) is 30.5 Å². The first kappa shape index (κ1) is 23.7. The number of H-pyrrole nitrogens is 1. The highest BCUT2D eigenvalue weighted by Gasteiger charge is 2.39. The molecule has 5 aromatic rings. The summed E-state index contributed by atoms with van der Waals surface area (Å²) in [4.78, 5) is 25.4. The molecule has 0 unspecified atom stereocenters. The summed E-state index contributed by atoms with van der Waals surface area (Å²) in [5, 5.41) is 8.90. The Hall–Kier alpha value is -4.39. The minimum atomic E-state index is -4.55. The smallest absolute Gasteiger partial charge is 0.378 e. The quantitative estimate of drug-likeness (QED) is 0.380. The second-order valence-electron chi connectivity index (χ2n) is 9.61. The largest absolute Gasteiger partial charge is 0.418 e. The fourth-order valence-electron chi connectivity index (χ4n) is 5.50. The Morgan fingerprint density at radius 3 is 2.74 bits per heavy atom. The topological polar surface area (TPSA) is 96.1 Å². The van der Waals surface area contributed by atoms with Crippen LogP contribution in [0, 0.1) is 0 Å². The number of hydrogen-bond acceptors (Lipinski definition) is 6. The van der Waals surface area contributed by atoms with Crippen LogP contribution in [0.4, 0.5) is 18.9 Å². The molecule has 7 rings (SSSR count). The zero-order chi connectivity index (χ0) is 26.7. The fourth-order valence-corrected chi connectivity index (χ4v) is 5.50. The maximum absolute atomic E-state index is 14.0. The van der Waals surface area contributed by atoms with Crippen molar-refractivity contribution in [3.05, 3.63) is 83.5 Å². The molecule has 5 aromatic heterocycles. The molecule has 2 aliphatic heterocycles. The highest BCUT2D eigenvalue weighted by atomic mass is 19.4. The summed E-state index contributed by atoms with van der Waals surface area (Å²) in [5.41, 5.74) is 2.84. The van der Waals surface area contributed by atoms with Crippen LogP contribution in [-0.2, 0) is 17.3 Å². The molecule has 0 aliphatic carbocycles. The third-order valence-electron chi connectivity index (χ3n) is 7.40. The van der Waals surface area contributed by atoms with Crippen molar-refractivity contribution in [1.82, 2.24) is 34.1 Å². The van der Waals surface area contributed by atoms with Gasteiger partial charge in [0, 0.05) is 37.9 Å². The van der Waals surface area contributed by atoms with Gasteiger partial charge in [0.15, 0.2) is 0 Å². The van der Waals surface area contributed by atoms with Crippen molar-refractivity contribution in [2.24, 2.45) is 0 Å². The molecule has 0 bridgehead atoms. The van der Waals surface area contributed by atoms with Crippen LogP contribution in [0.25, 0.3) is 11.0 Å². The number of anilines is 1. The first-order valence-corrected chi connectivity index (χ1v) is 12.6. The van der Waals surface area contributed by atoms with Gasteiger partial charge < -0.3 is 19.5 Å². The van der Waals surface area contributed by atoms with E-state index in [4.69, 9.17) is 4.74 Å². The molecule has 0 saturated carbocycles. The number of nitrogens with zero attached hydrogens (tertiary/aromatic N) is 7. The van der Waals surface area contributed by atoms with Crippen molar-refractivity contribution in [2.75, 3.05) is 37.7 Å². The number of rotatable bonds is 3. The summed E-state index contributed by atoms with van der Waals surface area (Å²) < 4.78 is 49.4. The number of ether oxygens (including phenoxy) is 1. The Morgan fingerprint density at radius 2 is 1.92 bits per heavy atom. The zero-order valence-corrected chi connectivity index (χ0v) is 20.6. The number of carbonyl (C=O) groups is 1. The van der Waals surface area contributed by atoms with Gasteiger partial charge >= 0.3 is 6.18 Å². The van der Waals surface area contributed by atoms with Crippen molar-refractivity contribution in [3.63, 3.8) is 0 Å². The first-order chi connectivity index (χ1) is 18.9. The Balaban J connectivity index is 1.28. The molecule has 39 heavy (non-hydrogen) atoms. The third-order valence-corrected chi connectivity index (χ3v) is 7.40. The van der Waals surface area contributed by atoms with E-state index in [0.29, 0.717) is 48.6 Å². The van der Waals surface area contributed by atoms with Crippen molar-refractivity contribution < 1.29 is 22.7 Å². The summed E-state index contributed by atoms with van der Waals surface area (Å²) >= 11 is 0. The van der Waals surface area contributed by atoms with E-state index in [1.165, 1.54) is 35.4 Å². The molecular formula is C26H23F3N8O2. The van der Waals surface area contributed by atoms with Gasteiger partial charge in [-0.25, -0.2) is 14.0 Å². The molecule has 0 spiro atoms. The van der Waals surface area contributed by atoms with Crippen LogP contribution in [0.5, 0.6) is 0 Å². The van der Waals surface area contributed by atoms with Gasteiger partial charge in [-0.2, -0.15) is 23.4 Å². The summed E-state index contributed by atoms with van der Waals surface area (Å²) in [5.74, 6) is -0.295. The normalized spacial score (nSPS) is 18.2. The van der Waals surface area contributed by atoms with Crippen LogP contribution in [0.15, 0.2) is 55.2 Å². The van der Waals surface area contributed by atoms with Crippen LogP contribution in [0.1, 0.15) is 39.0 Å². The summed E-state index contributed by atoms with van der Waals surface area (Å²) in [6.07, 6.45) is 2.40. The van der Waals surface area contributed by atoms with Gasteiger partial charge in [-0.05, 0) is 30.3 Å². The molecule has 1 saturated heterocycles. The predicted molar refractivity (Wildman–Crippen MR) is 134 cm³/mol. The van der Waals surface area contributed by atoms with Gasteiger partial charge in [0.1, 0.15) is 6.04 Å². The molecule has 1 amide bonds. The Morgan fingerprint density at radius 1 is 1.08 bits per heavy atom. The Labute approximate surface area is 219 Å². The van der Waals surface area contributed by atoms with Gasteiger partial charge in [0.25, 0.3) is 5.91 Å². The highest BCUT2D eigenvalue weighted by Crippen LogP contribution is 2.37. The third kappa shape index (κ3) is 3.92. The number of hydrogen-bond donors (Lipinski definition) is 1. The van der Waals surface area contributed by atoms with Crippen molar-refractivity contribution in [2.45, 2.75) is 18.6 Å². The summed E-state index contributed by atoms with van der Waals surface area (Å²) in [6, 6.07) is 6.78. The standard InChI is InChI=1S/C26H23F3N8O2/c27-26(28,29)18-2-1-6-36-22(18)12-20(33-36)24-23-19(30-15-31-23)5-7-35(24)25(38)17-13-32-37-14-16(3-4-21(17)37)34-8-10-39-11-9-34/h1-4,6,12-15,24H,5,7-11H2,(H,30,31)/t24-/m0/s1. The molecule has 1 atom stereocenters. The lowest BCUT2D eigenvalue weighted by molar-refractivity contribution is -0.136. The minimum Gasteiger partial charge on any atom is -0.378 e.